The maximum Gasteiger partial charge on any atom is 0.407 e. The molecule has 0 bridgehead atoms. The summed E-state index contributed by atoms with van der Waals surface area (Å²) in [6, 6.07) is 9.87. The second-order valence-electron chi connectivity index (χ2n) is 4.64. The average molecular weight is 245 g/mol. The molecule has 3 heteroatoms. The third-order valence-electron chi connectivity index (χ3n) is 3.39. The van der Waals surface area contributed by atoms with Gasteiger partial charge in [0.25, 0.3) is 0 Å². The molecule has 1 saturated carbocycles. The number of alkyl carbamates (subject to hydrolysis) is 1. The Hall–Kier alpha value is -1.77. The minimum atomic E-state index is -0.336. The monoisotopic (exact) mass is 245 g/mol. The molecule has 18 heavy (non-hydrogen) atoms. The fourth-order valence-electron chi connectivity index (χ4n) is 2.37. The molecule has 0 heterocycles. The van der Waals surface area contributed by atoms with Gasteiger partial charge in [0.1, 0.15) is 6.61 Å². The van der Waals surface area contributed by atoms with Gasteiger partial charge in [0.15, 0.2) is 0 Å². The number of carbonyl (C=O) groups is 1. The van der Waals surface area contributed by atoms with Crippen LogP contribution >= 0.6 is 0 Å². The van der Waals surface area contributed by atoms with Crippen LogP contribution in [-0.2, 0) is 11.3 Å². The van der Waals surface area contributed by atoms with Crippen LogP contribution in [0.5, 0.6) is 0 Å². The van der Waals surface area contributed by atoms with E-state index >= 15 is 0 Å². The van der Waals surface area contributed by atoms with Crippen molar-refractivity contribution in [1.29, 1.82) is 0 Å². The SMILES string of the molecule is C=C[C@@H]1CCCC1NC(=O)OCc1ccccc1. The number of ether oxygens (including phenoxy) is 1. The van der Waals surface area contributed by atoms with Gasteiger partial charge in [-0.1, -0.05) is 42.8 Å². The molecule has 1 aliphatic rings. The highest BCUT2D eigenvalue weighted by Crippen LogP contribution is 2.26. The Labute approximate surface area is 108 Å². The number of amides is 1. The van der Waals surface area contributed by atoms with Gasteiger partial charge < -0.3 is 10.1 Å². The van der Waals surface area contributed by atoms with Gasteiger partial charge >= 0.3 is 6.09 Å². The number of nitrogens with one attached hydrogen (secondary N) is 1. The number of hydrogen-bond acceptors (Lipinski definition) is 2. The number of hydrogen-bond donors (Lipinski definition) is 1. The third kappa shape index (κ3) is 3.36. The Kier molecular flexibility index (Phi) is 4.40. The summed E-state index contributed by atoms with van der Waals surface area (Å²) in [5.41, 5.74) is 0.999. The topological polar surface area (TPSA) is 38.3 Å². The molecule has 1 amide bonds. The second-order valence-corrected chi connectivity index (χ2v) is 4.64. The predicted molar refractivity (Wildman–Crippen MR) is 71.1 cm³/mol. The highest BCUT2D eigenvalue weighted by Gasteiger charge is 2.26. The van der Waals surface area contributed by atoms with Crippen LogP contribution in [0.2, 0.25) is 0 Å². The Morgan fingerprint density at radius 2 is 2.17 bits per heavy atom. The van der Waals surface area contributed by atoms with E-state index in [0.29, 0.717) is 12.5 Å². The molecule has 1 aliphatic carbocycles. The minimum Gasteiger partial charge on any atom is -0.445 e. The Bertz CT molecular complexity index is 402. The zero-order chi connectivity index (χ0) is 12.8. The highest BCUT2D eigenvalue weighted by atomic mass is 16.5. The average Bonchev–Trinajstić information content (AvgIpc) is 2.85. The first-order chi connectivity index (χ1) is 8.79. The fourth-order valence-corrected chi connectivity index (χ4v) is 2.37. The van der Waals surface area contributed by atoms with Crippen molar-refractivity contribution in [3.63, 3.8) is 0 Å². The van der Waals surface area contributed by atoms with Crippen LogP contribution in [0.1, 0.15) is 24.8 Å². The van der Waals surface area contributed by atoms with Gasteiger partial charge in [-0.3, -0.25) is 0 Å². The Morgan fingerprint density at radius 3 is 2.89 bits per heavy atom. The molecule has 96 valence electrons. The summed E-state index contributed by atoms with van der Waals surface area (Å²) < 4.78 is 5.20. The molecule has 1 unspecified atom stereocenters. The lowest BCUT2D eigenvalue weighted by Gasteiger charge is -2.17. The smallest absolute Gasteiger partial charge is 0.407 e. The maximum absolute atomic E-state index is 11.7. The summed E-state index contributed by atoms with van der Waals surface area (Å²) >= 11 is 0. The molecule has 0 saturated heterocycles. The lowest BCUT2D eigenvalue weighted by molar-refractivity contribution is 0.134. The van der Waals surface area contributed by atoms with Crippen LogP contribution < -0.4 is 5.32 Å². The molecule has 1 fully saturated rings. The van der Waals surface area contributed by atoms with Crippen LogP contribution in [-0.4, -0.2) is 12.1 Å². The van der Waals surface area contributed by atoms with Crippen LogP contribution in [0.4, 0.5) is 4.79 Å². The third-order valence-corrected chi connectivity index (χ3v) is 3.39. The van der Waals surface area contributed by atoms with E-state index in [1.165, 1.54) is 0 Å². The number of carbonyl (C=O) groups excluding carboxylic acids is 1. The predicted octanol–water partition coefficient (Wildman–Crippen LogP) is 3.27. The molecule has 0 radical (unpaired) electrons. The van der Waals surface area contributed by atoms with Gasteiger partial charge in [0.05, 0.1) is 0 Å². The molecule has 1 N–H and O–H groups in total. The molecule has 0 aromatic heterocycles. The van der Waals surface area contributed by atoms with Gasteiger partial charge in [-0.2, -0.15) is 0 Å². The van der Waals surface area contributed by atoms with E-state index in [2.05, 4.69) is 11.9 Å². The van der Waals surface area contributed by atoms with Crippen molar-refractivity contribution in [2.45, 2.75) is 31.9 Å². The van der Waals surface area contributed by atoms with E-state index in [1.54, 1.807) is 0 Å². The van der Waals surface area contributed by atoms with Crippen LogP contribution in [0.25, 0.3) is 0 Å². The zero-order valence-electron chi connectivity index (χ0n) is 10.5. The van der Waals surface area contributed by atoms with Crippen molar-refractivity contribution in [1.82, 2.24) is 5.32 Å². The summed E-state index contributed by atoms with van der Waals surface area (Å²) in [6.07, 6.45) is 4.84. The largest absolute Gasteiger partial charge is 0.445 e. The first-order valence-electron chi connectivity index (χ1n) is 6.39. The van der Waals surface area contributed by atoms with E-state index < -0.39 is 0 Å². The van der Waals surface area contributed by atoms with Gasteiger partial charge in [-0.15, -0.1) is 6.58 Å². The van der Waals surface area contributed by atoms with E-state index in [0.717, 1.165) is 24.8 Å². The van der Waals surface area contributed by atoms with Gasteiger partial charge in [-0.05, 0) is 24.3 Å². The summed E-state index contributed by atoms with van der Waals surface area (Å²) in [5, 5.41) is 2.92. The minimum absolute atomic E-state index is 0.186. The van der Waals surface area contributed by atoms with Crippen LogP contribution in [0.3, 0.4) is 0 Å². The molecule has 1 aromatic rings. The van der Waals surface area contributed by atoms with E-state index in [-0.39, 0.29) is 12.1 Å². The lowest BCUT2D eigenvalue weighted by atomic mass is 10.0. The first kappa shape index (κ1) is 12.7. The molecular weight excluding hydrogens is 226 g/mol. The van der Waals surface area contributed by atoms with Crippen molar-refractivity contribution in [2.75, 3.05) is 0 Å². The first-order valence-corrected chi connectivity index (χ1v) is 6.39. The van der Waals surface area contributed by atoms with Crippen LogP contribution in [0.15, 0.2) is 43.0 Å². The van der Waals surface area contributed by atoms with E-state index in [1.807, 2.05) is 36.4 Å². The fraction of sp³-hybridized carbons (Fsp3) is 0.400. The van der Waals surface area contributed by atoms with Crippen molar-refractivity contribution in [3.05, 3.63) is 48.6 Å². The summed E-state index contributed by atoms with van der Waals surface area (Å²) in [4.78, 5) is 11.7. The van der Waals surface area contributed by atoms with Crippen molar-refractivity contribution in [3.8, 4) is 0 Å². The Balaban J connectivity index is 1.77. The molecule has 1 aromatic carbocycles. The molecule has 3 nitrogen and oxygen atoms in total. The van der Waals surface area contributed by atoms with E-state index in [9.17, 15) is 4.79 Å². The normalized spacial score (nSPS) is 22.4. The van der Waals surface area contributed by atoms with Crippen LogP contribution in [0, 0.1) is 5.92 Å². The number of benzene rings is 1. The molecule has 0 aliphatic heterocycles. The number of rotatable bonds is 4. The standard InChI is InChI=1S/C15H19NO2/c1-2-13-9-6-10-14(13)16-15(17)18-11-12-7-4-3-5-8-12/h2-5,7-8,13-14H,1,6,9-11H2,(H,16,17)/t13-,14?/m1/s1. The molecule has 2 atom stereocenters. The van der Waals surface area contributed by atoms with Crippen molar-refractivity contribution in [2.24, 2.45) is 5.92 Å². The summed E-state index contributed by atoms with van der Waals surface area (Å²) in [5.74, 6) is 0.384. The highest BCUT2D eigenvalue weighted by molar-refractivity contribution is 5.67. The Morgan fingerprint density at radius 1 is 1.39 bits per heavy atom. The van der Waals surface area contributed by atoms with Gasteiger partial charge in [0.2, 0.25) is 0 Å². The van der Waals surface area contributed by atoms with E-state index in [4.69, 9.17) is 4.74 Å². The lowest BCUT2D eigenvalue weighted by Crippen LogP contribution is -2.37. The van der Waals surface area contributed by atoms with Gasteiger partial charge in [-0.25, -0.2) is 4.79 Å². The molecular formula is C15H19NO2. The maximum atomic E-state index is 11.7. The van der Waals surface area contributed by atoms with Gasteiger partial charge in [0, 0.05) is 6.04 Å². The molecule has 2 rings (SSSR count). The summed E-state index contributed by atoms with van der Waals surface area (Å²) in [6.45, 7) is 4.12. The van der Waals surface area contributed by atoms with Crippen molar-refractivity contribution >= 4 is 6.09 Å². The molecule has 0 spiro atoms. The second kappa shape index (κ2) is 6.24. The zero-order valence-corrected chi connectivity index (χ0v) is 10.5. The quantitative estimate of drug-likeness (QED) is 0.827. The van der Waals surface area contributed by atoms with Crippen molar-refractivity contribution < 1.29 is 9.53 Å². The summed E-state index contributed by atoms with van der Waals surface area (Å²) in [7, 11) is 0.